The van der Waals surface area contributed by atoms with Crippen molar-refractivity contribution in [1.29, 1.82) is 0 Å². The first-order valence-electron chi connectivity index (χ1n) is 3.71. The van der Waals surface area contributed by atoms with Crippen molar-refractivity contribution in [3.63, 3.8) is 0 Å². The van der Waals surface area contributed by atoms with Crippen LogP contribution in [-0.4, -0.2) is 35.8 Å². The number of hydrogen-bond donors (Lipinski definition) is 2. The number of carbonyl (C=O) groups is 1. The van der Waals surface area contributed by atoms with Gasteiger partial charge in [0.1, 0.15) is 6.54 Å². The van der Waals surface area contributed by atoms with Crippen LogP contribution in [0.5, 0.6) is 0 Å². The number of primary amides is 1. The molecule has 3 N–H and O–H groups in total. The molecule has 0 radical (unpaired) electrons. The van der Waals surface area contributed by atoms with E-state index in [-0.39, 0.29) is 6.73 Å². The summed E-state index contributed by atoms with van der Waals surface area (Å²) in [6.07, 6.45) is 5.24. The molecule has 1 aliphatic heterocycles. The molecule has 0 saturated heterocycles. The van der Waals surface area contributed by atoms with Crippen LogP contribution in [-0.2, 0) is 4.79 Å². The number of hydrogen-bond acceptors (Lipinski definition) is 2. The van der Waals surface area contributed by atoms with Crippen LogP contribution >= 0.6 is 0 Å². The number of aliphatic hydroxyl groups excluding tert-OH is 1. The third-order valence-corrected chi connectivity index (χ3v) is 1.91. The molecule has 1 heterocycles. The average molecular weight is 169 g/mol. The van der Waals surface area contributed by atoms with Gasteiger partial charge in [0, 0.05) is 0 Å². The predicted octanol–water partition coefficient (Wildman–Crippen LogP) is -0.678. The molecule has 66 valence electrons. The predicted molar refractivity (Wildman–Crippen MR) is 44.6 cm³/mol. The summed E-state index contributed by atoms with van der Waals surface area (Å²) in [6.45, 7) is 0.434. The lowest BCUT2D eigenvalue weighted by molar-refractivity contribution is -0.874. The Kier molecular flexibility index (Phi) is 2.30. The third kappa shape index (κ3) is 1.72. The van der Waals surface area contributed by atoms with Crippen molar-refractivity contribution in [1.82, 2.24) is 0 Å². The molecule has 4 heteroatoms. The third-order valence-electron chi connectivity index (χ3n) is 1.91. The molecule has 0 bridgehead atoms. The summed E-state index contributed by atoms with van der Waals surface area (Å²) in [7, 11) is 1.83. The zero-order valence-corrected chi connectivity index (χ0v) is 7.03. The number of nitrogens with two attached hydrogens (primary N) is 1. The van der Waals surface area contributed by atoms with Gasteiger partial charge in [-0.25, -0.2) is 0 Å². The second-order valence-corrected chi connectivity index (χ2v) is 3.18. The van der Waals surface area contributed by atoms with Crippen LogP contribution in [0.2, 0.25) is 0 Å². The fraction of sp³-hybridized carbons (Fsp3) is 0.375. The Balaban J connectivity index is 2.80. The van der Waals surface area contributed by atoms with Gasteiger partial charge >= 0.3 is 0 Å². The van der Waals surface area contributed by atoms with Crippen molar-refractivity contribution in [3.05, 3.63) is 23.9 Å². The highest BCUT2D eigenvalue weighted by atomic mass is 16.3. The van der Waals surface area contributed by atoms with Crippen LogP contribution in [0.1, 0.15) is 0 Å². The maximum atomic E-state index is 10.8. The lowest BCUT2D eigenvalue weighted by atomic mass is 10.1. The minimum absolute atomic E-state index is 0.0267. The number of likely N-dealkylation sites (N-methyl/N-ethyl adjacent to an activating group) is 1. The van der Waals surface area contributed by atoms with Gasteiger partial charge in [-0.05, 0) is 12.2 Å². The zero-order chi connectivity index (χ0) is 9.19. The second-order valence-electron chi connectivity index (χ2n) is 3.18. The molecule has 1 amide bonds. The topological polar surface area (TPSA) is 63.3 Å². The lowest BCUT2D eigenvalue weighted by Gasteiger charge is -2.29. The smallest absolute Gasteiger partial charge is 0.250 e. The van der Waals surface area contributed by atoms with Gasteiger partial charge < -0.3 is 10.8 Å². The summed E-state index contributed by atoms with van der Waals surface area (Å²) in [6, 6.07) is 0. The molecular formula is C8H13N2O2+. The molecule has 4 nitrogen and oxygen atoms in total. The normalized spacial score (nSPS) is 28.3. The number of carbonyl (C=O) groups excluding carboxylic acids is 1. The van der Waals surface area contributed by atoms with Gasteiger partial charge in [0.2, 0.25) is 5.91 Å². The van der Waals surface area contributed by atoms with Crippen molar-refractivity contribution in [2.45, 2.75) is 0 Å². The summed E-state index contributed by atoms with van der Waals surface area (Å²) >= 11 is 0. The minimum Gasteiger partial charge on any atom is -0.366 e. The van der Waals surface area contributed by atoms with E-state index >= 15 is 0 Å². The van der Waals surface area contributed by atoms with Crippen LogP contribution in [0.3, 0.4) is 0 Å². The van der Waals surface area contributed by atoms with Crippen molar-refractivity contribution in [2.75, 3.05) is 20.3 Å². The molecule has 0 aromatic carbocycles. The fourth-order valence-electron chi connectivity index (χ4n) is 1.12. The highest BCUT2D eigenvalue weighted by Crippen LogP contribution is 2.13. The van der Waals surface area contributed by atoms with Crippen molar-refractivity contribution < 1.29 is 14.4 Å². The Hall–Kier alpha value is -1.13. The zero-order valence-electron chi connectivity index (χ0n) is 7.03. The molecule has 1 atom stereocenters. The standard InChI is InChI=1S/C8H12N2O2/c1-10(6-11)4-2-3-7(5-10)8(9)12/h2-4,11H,5-6H2,1H3,(H-,9,12)/p+1. The van der Waals surface area contributed by atoms with Crippen LogP contribution in [0.4, 0.5) is 0 Å². The summed E-state index contributed by atoms with van der Waals surface area (Å²) in [5, 5.41) is 8.99. The number of rotatable bonds is 2. The van der Waals surface area contributed by atoms with Gasteiger partial charge in [0.15, 0.2) is 6.73 Å². The molecule has 0 fully saturated rings. The van der Waals surface area contributed by atoms with Gasteiger partial charge in [-0.3, -0.25) is 9.28 Å². The molecule has 0 aromatic heterocycles. The van der Waals surface area contributed by atoms with Crippen molar-refractivity contribution in [2.24, 2.45) is 5.73 Å². The molecule has 0 spiro atoms. The van der Waals surface area contributed by atoms with E-state index in [0.717, 1.165) is 0 Å². The van der Waals surface area contributed by atoms with Gasteiger partial charge in [-0.15, -0.1) is 0 Å². The van der Waals surface area contributed by atoms with Gasteiger partial charge in [-0.2, -0.15) is 0 Å². The van der Waals surface area contributed by atoms with Gasteiger partial charge in [-0.1, -0.05) is 0 Å². The number of nitrogens with zero attached hydrogens (tertiary/aromatic N) is 1. The summed E-state index contributed by atoms with van der Waals surface area (Å²) in [5.74, 6) is -0.419. The van der Waals surface area contributed by atoms with E-state index in [4.69, 9.17) is 10.8 Å². The van der Waals surface area contributed by atoms with E-state index in [1.54, 1.807) is 12.2 Å². The fourth-order valence-corrected chi connectivity index (χ4v) is 1.12. The van der Waals surface area contributed by atoms with Crippen LogP contribution in [0.15, 0.2) is 23.9 Å². The monoisotopic (exact) mass is 169 g/mol. The van der Waals surface area contributed by atoms with E-state index in [2.05, 4.69) is 0 Å². The largest absolute Gasteiger partial charge is 0.366 e. The maximum absolute atomic E-state index is 10.8. The Morgan fingerprint density at radius 2 is 2.50 bits per heavy atom. The van der Waals surface area contributed by atoms with Gasteiger partial charge in [0.25, 0.3) is 0 Å². The first kappa shape index (κ1) is 8.96. The number of aliphatic hydroxyl groups is 1. The Morgan fingerprint density at radius 1 is 1.83 bits per heavy atom. The average Bonchev–Trinajstić information content (AvgIpc) is 2.05. The lowest BCUT2D eigenvalue weighted by Crippen LogP contribution is -2.44. The Morgan fingerprint density at radius 3 is 3.00 bits per heavy atom. The first-order chi connectivity index (χ1) is 5.57. The summed E-state index contributed by atoms with van der Waals surface area (Å²) in [5.41, 5.74) is 5.66. The molecular weight excluding hydrogens is 156 g/mol. The quantitative estimate of drug-likeness (QED) is 0.538. The number of amides is 1. The van der Waals surface area contributed by atoms with E-state index in [9.17, 15) is 4.79 Å². The Bertz CT molecular complexity index is 258. The van der Waals surface area contributed by atoms with Gasteiger partial charge in [0.05, 0.1) is 18.8 Å². The molecule has 12 heavy (non-hydrogen) atoms. The highest BCUT2D eigenvalue weighted by Gasteiger charge is 2.24. The van der Waals surface area contributed by atoms with E-state index in [1.807, 2.05) is 13.2 Å². The summed E-state index contributed by atoms with van der Waals surface area (Å²) < 4.78 is 0.314. The van der Waals surface area contributed by atoms with Crippen molar-refractivity contribution in [3.8, 4) is 0 Å². The van der Waals surface area contributed by atoms with E-state index in [1.165, 1.54) is 0 Å². The Labute approximate surface area is 71.2 Å². The molecule has 1 aliphatic rings. The van der Waals surface area contributed by atoms with Crippen LogP contribution in [0.25, 0.3) is 0 Å². The maximum Gasteiger partial charge on any atom is 0.250 e. The first-order valence-corrected chi connectivity index (χ1v) is 3.71. The SMILES string of the molecule is C[N+]1(CO)C=CC=C(C(N)=O)C1. The number of allylic oxidation sites excluding steroid dienone is 2. The van der Waals surface area contributed by atoms with Crippen molar-refractivity contribution >= 4 is 5.91 Å². The second kappa shape index (κ2) is 3.08. The van der Waals surface area contributed by atoms with Crippen LogP contribution < -0.4 is 5.73 Å². The summed E-state index contributed by atoms with van der Waals surface area (Å²) in [4.78, 5) is 10.8. The number of quaternary nitrogens is 1. The van der Waals surface area contributed by atoms with Crippen LogP contribution in [0, 0.1) is 0 Å². The molecule has 1 rings (SSSR count). The minimum atomic E-state index is -0.419. The molecule has 1 unspecified atom stereocenters. The van der Waals surface area contributed by atoms with E-state index < -0.39 is 5.91 Å². The molecule has 0 aromatic rings. The highest BCUT2D eigenvalue weighted by molar-refractivity contribution is 5.92. The van der Waals surface area contributed by atoms with E-state index in [0.29, 0.717) is 16.6 Å². The molecule has 0 saturated carbocycles. The molecule has 0 aliphatic carbocycles.